The fourth-order valence-electron chi connectivity index (χ4n) is 2.42. The van der Waals surface area contributed by atoms with Crippen molar-refractivity contribution in [2.45, 2.75) is 44.2 Å². The van der Waals surface area contributed by atoms with Gasteiger partial charge in [0.1, 0.15) is 0 Å². The topological polar surface area (TPSA) is 75.4 Å². The van der Waals surface area contributed by atoms with E-state index in [-0.39, 0.29) is 12.1 Å². The zero-order chi connectivity index (χ0) is 10.9. The van der Waals surface area contributed by atoms with Crippen LogP contribution in [0.25, 0.3) is 0 Å². The van der Waals surface area contributed by atoms with Crippen LogP contribution in [0.4, 0.5) is 0 Å². The van der Waals surface area contributed by atoms with Crippen LogP contribution in [-0.2, 0) is 10.2 Å². The predicted octanol–water partition coefficient (Wildman–Crippen LogP) is -0.204. The fraction of sp³-hybridized carbons (Fsp3) is 1.00. The lowest BCUT2D eigenvalue weighted by Gasteiger charge is -2.41. The quantitative estimate of drug-likeness (QED) is 0.708. The Morgan fingerprint density at radius 3 is 2.00 bits per heavy atom. The largest absolute Gasteiger partial charge is 0.317 e. The predicted molar refractivity (Wildman–Crippen MR) is 58.5 cm³/mol. The van der Waals surface area contributed by atoms with Crippen LogP contribution in [0.1, 0.15) is 32.1 Å². The third kappa shape index (κ3) is 2.50. The minimum absolute atomic E-state index is 0.117. The maximum absolute atomic E-state index is 11.5. The van der Waals surface area contributed by atoms with Crippen LogP contribution in [0.2, 0.25) is 0 Å². The number of nitrogens with two attached hydrogens (primary N) is 1. The molecule has 2 aliphatic rings. The lowest BCUT2D eigenvalue weighted by molar-refractivity contribution is 0.150. The van der Waals surface area contributed by atoms with E-state index in [1.807, 2.05) is 0 Å². The maximum atomic E-state index is 11.5. The van der Waals surface area contributed by atoms with Gasteiger partial charge in [-0.15, -0.1) is 0 Å². The number of nitrogens with zero attached hydrogens (tertiary/aromatic N) is 1. The molecule has 0 atom stereocenters. The smallest absolute Gasteiger partial charge is 0.277 e. The molecule has 1 saturated carbocycles. The van der Waals surface area contributed by atoms with Crippen molar-refractivity contribution in [3.05, 3.63) is 0 Å². The number of piperidine rings is 1. The molecule has 1 saturated heterocycles. The van der Waals surface area contributed by atoms with Crippen molar-refractivity contribution in [2.24, 2.45) is 5.14 Å². The summed E-state index contributed by atoms with van der Waals surface area (Å²) >= 11 is 0. The van der Waals surface area contributed by atoms with E-state index in [2.05, 4.69) is 5.32 Å². The van der Waals surface area contributed by atoms with Gasteiger partial charge >= 0.3 is 0 Å². The molecular formula is C9H19N3O2S. The molecule has 5 nitrogen and oxygen atoms in total. The minimum Gasteiger partial charge on any atom is -0.317 e. The summed E-state index contributed by atoms with van der Waals surface area (Å²) in [6, 6.07) is 0.287. The van der Waals surface area contributed by atoms with Gasteiger partial charge < -0.3 is 5.32 Å². The minimum atomic E-state index is -3.52. The zero-order valence-corrected chi connectivity index (χ0v) is 9.67. The summed E-state index contributed by atoms with van der Waals surface area (Å²) < 4.78 is 24.7. The van der Waals surface area contributed by atoms with Crippen LogP contribution in [0.3, 0.4) is 0 Å². The lowest BCUT2D eigenvalue weighted by Crippen LogP contribution is -2.55. The summed E-state index contributed by atoms with van der Waals surface area (Å²) in [4.78, 5) is 0. The normalized spacial score (nSPS) is 25.5. The number of rotatable bonds is 3. The molecule has 0 unspecified atom stereocenters. The number of nitrogens with one attached hydrogen (secondary N) is 1. The Morgan fingerprint density at radius 2 is 1.60 bits per heavy atom. The SMILES string of the molecule is NS(=O)(=O)N(C1CCC1)C1CCNCC1. The van der Waals surface area contributed by atoms with E-state index in [1.54, 1.807) is 4.31 Å². The van der Waals surface area contributed by atoms with E-state index in [4.69, 9.17) is 5.14 Å². The highest BCUT2D eigenvalue weighted by molar-refractivity contribution is 7.86. The van der Waals surface area contributed by atoms with Gasteiger partial charge in [-0.1, -0.05) is 6.42 Å². The second-order valence-electron chi connectivity index (χ2n) is 4.44. The molecule has 0 radical (unpaired) electrons. The third-order valence-corrected chi connectivity index (χ3v) is 4.58. The molecule has 2 rings (SSSR count). The summed E-state index contributed by atoms with van der Waals surface area (Å²) in [5, 5.41) is 8.53. The zero-order valence-electron chi connectivity index (χ0n) is 8.85. The van der Waals surface area contributed by atoms with Crippen molar-refractivity contribution in [2.75, 3.05) is 13.1 Å². The Bertz CT molecular complexity index is 307. The van der Waals surface area contributed by atoms with Gasteiger partial charge in [-0.05, 0) is 38.8 Å². The van der Waals surface area contributed by atoms with Gasteiger partial charge in [0.05, 0.1) is 0 Å². The van der Waals surface area contributed by atoms with Crippen molar-refractivity contribution in [1.29, 1.82) is 0 Å². The molecule has 88 valence electrons. The molecule has 0 aromatic heterocycles. The van der Waals surface area contributed by atoms with Gasteiger partial charge in [0.2, 0.25) is 0 Å². The summed E-state index contributed by atoms with van der Waals surface area (Å²) in [6.07, 6.45) is 4.84. The van der Waals surface area contributed by atoms with Crippen LogP contribution >= 0.6 is 0 Å². The molecule has 0 bridgehead atoms. The van der Waals surface area contributed by atoms with Crippen molar-refractivity contribution < 1.29 is 8.42 Å². The first-order chi connectivity index (χ1) is 7.09. The van der Waals surface area contributed by atoms with E-state index in [9.17, 15) is 8.42 Å². The van der Waals surface area contributed by atoms with Crippen LogP contribution in [0, 0.1) is 0 Å². The molecule has 1 aliphatic carbocycles. The molecule has 0 aromatic carbocycles. The van der Waals surface area contributed by atoms with Crippen molar-refractivity contribution in [1.82, 2.24) is 9.62 Å². The van der Waals surface area contributed by atoms with E-state index in [1.165, 1.54) is 0 Å². The molecule has 6 heteroatoms. The van der Waals surface area contributed by atoms with Crippen molar-refractivity contribution in [3.63, 3.8) is 0 Å². The average Bonchev–Trinajstić information content (AvgIpc) is 2.10. The van der Waals surface area contributed by atoms with Gasteiger partial charge in [0.25, 0.3) is 10.2 Å². The highest BCUT2D eigenvalue weighted by atomic mass is 32.2. The van der Waals surface area contributed by atoms with Crippen LogP contribution in [0.15, 0.2) is 0 Å². The Kier molecular flexibility index (Phi) is 3.30. The molecule has 15 heavy (non-hydrogen) atoms. The lowest BCUT2D eigenvalue weighted by atomic mass is 9.91. The van der Waals surface area contributed by atoms with Crippen LogP contribution < -0.4 is 10.5 Å². The summed E-state index contributed by atoms with van der Waals surface area (Å²) in [6.45, 7) is 1.78. The first-order valence-corrected chi connectivity index (χ1v) is 7.11. The van der Waals surface area contributed by atoms with Gasteiger partial charge in [0.15, 0.2) is 0 Å². The molecule has 0 amide bonds. The summed E-state index contributed by atoms with van der Waals surface area (Å²) in [5.74, 6) is 0. The van der Waals surface area contributed by atoms with Gasteiger partial charge in [-0.3, -0.25) is 0 Å². The van der Waals surface area contributed by atoms with Gasteiger partial charge in [-0.25, -0.2) is 5.14 Å². The Balaban J connectivity index is 2.09. The van der Waals surface area contributed by atoms with Gasteiger partial charge in [0, 0.05) is 12.1 Å². The highest BCUT2D eigenvalue weighted by Gasteiger charge is 2.37. The Hall–Kier alpha value is -0.170. The van der Waals surface area contributed by atoms with E-state index in [0.717, 1.165) is 45.2 Å². The molecule has 0 aromatic rings. The van der Waals surface area contributed by atoms with Gasteiger partial charge in [-0.2, -0.15) is 12.7 Å². The third-order valence-electron chi connectivity index (χ3n) is 3.40. The second-order valence-corrected chi connectivity index (χ2v) is 5.89. The Morgan fingerprint density at radius 1 is 1.07 bits per heavy atom. The number of hydrogen-bond donors (Lipinski definition) is 2. The highest BCUT2D eigenvalue weighted by Crippen LogP contribution is 2.30. The standard InChI is InChI=1S/C9H19N3O2S/c10-15(13,14)12(8-2-1-3-8)9-4-6-11-7-5-9/h8-9,11H,1-7H2,(H2,10,13,14). The Labute approximate surface area is 91.2 Å². The van der Waals surface area contributed by atoms with Crippen molar-refractivity contribution in [3.8, 4) is 0 Å². The van der Waals surface area contributed by atoms with E-state index < -0.39 is 10.2 Å². The first kappa shape index (κ1) is 11.3. The molecular weight excluding hydrogens is 214 g/mol. The van der Waals surface area contributed by atoms with Crippen molar-refractivity contribution >= 4 is 10.2 Å². The molecule has 1 heterocycles. The van der Waals surface area contributed by atoms with Crippen LogP contribution in [-0.4, -0.2) is 37.9 Å². The first-order valence-electron chi connectivity index (χ1n) is 5.61. The van der Waals surface area contributed by atoms with Crippen LogP contribution in [0.5, 0.6) is 0 Å². The molecule has 2 fully saturated rings. The molecule has 1 aliphatic heterocycles. The molecule has 3 N–H and O–H groups in total. The number of hydrogen-bond acceptors (Lipinski definition) is 3. The average molecular weight is 233 g/mol. The van der Waals surface area contributed by atoms with E-state index >= 15 is 0 Å². The maximum Gasteiger partial charge on any atom is 0.277 e. The summed E-state index contributed by atoms with van der Waals surface area (Å²) in [5.41, 5.74) is 0. The molecule has 0 spiro atoms. The summed E-state index contributed by atoms with van der Waals surface area (Å²) in [7, 11) is -3.52. The van der Waals surface area contributed by atoms with E-state index in [0.29, 0.717) is 0 Å². The second kappa shape index (κ2) is 4.37. The fourth-order valence-corrected chi connectivity index (χ4v) is 3.67. The monoisotopic (exact) mass is 233 g/mol.